The zero-order valence-electron chi connectivity index (χ0n) is 16.9. The van der Waals surface area contributed by atoms with Gasteiger partial charge in [-0.1, -0.05) is 73.3 Å². The molecule has 4 nitrogen and oxygen atoms in total. The molecule has 0 aliphatic heterocycles. The molecule has 2 aromatic carbocycles. The first-order chi connectivity index (χ1) is 14.3. The third-order valence-electron chi connectivity index (χ3n) is 5.66. The molecule has 0 atom stereocenters. The van der Waals surface area contributed by atoms with Crippen LogP contribution in [-0.2, 0) is 11.3 Å². The summed E-state index contributed by atoms with van der Waals surface area (Å²) < 4.78 is 6.94. The van der Waals surface area contributed by atoms with Gasteiger partial charge in [0.25, 0.3) is 5.56 Å². The number of nitrogens with one attached hydrogen (secondary N) is 1. The molecule has 3 aromatic rings. The summed E-state index contributed by atoms with van der Waals surface area (Å²) >= 11 is 1.49. The number of nitrogens with zero attached hydrogens (tertiary/aromatic N) is 1. The Balaban J connectivity index is 1.61. The van der Waals surface area contributed by atoms with Crippen molar-refractivity contribution in [2.45, 2.75) is 44.6 Å². The maximum absolute atomic E-state index is 13.0. The molecule has 1 saturated carbocycles. The molecule has 1 fully saturated rings. The predicted octanol–water partition coefficient (Wildman–Crippen LogP) is 6.01. The van der Waals surface area contributed by atoms with E-state index in [1.165, 1.54) is 49.2 Å². The molecule has 4 rings (SSSR count). The number of hydrogen-bond acceptors (Lipinski definition) is 4. The van der Waals surface area contributed by atoms with Crippen molar-refractivity contribution in [3.63, 3.8) is 0 Å². The van der Waals surface area contributed by atoms with Crippen molar-refractivity contribution < 1.29 is 4.74 Å². The average Bonchev–Trinajstić information content (AvgIpc) is 3.09. The smallest absolute Gasteiger partial charge is 0.285 e. The van der Waals surface area contributed by atoms with Gasteiger partial charge >= 0.3 is 0 Å². The van der Waals surface area contributed by atoms with Crippen LogP contribution >= 0.6 is 11.5 Å². The van der Waals surface area contributed by atoms with Crippen LogP contribution in [0.1, 0.15) is 43.6 Å². The first-order valence-electron chi connectivity index (χ1n) is 10.4. The fourth-order valence-corrected chi connectivity index (χ4v) is 5.09. The number of benzene rings is 2. The van der Waals surface area contributed by atoms with E-state index in [9.17, 15) is 4.79 Å². The van der Waals surface area contributed by atoms with Gasteiger partial charge in [-0.15, -0.1) is 0 Å². The van der Waals surface area contributed by atoms with Crippen molar-refractivity contribution in [3.8, 4) is 10.4 Å². The lowest BCUT2D eigenvalue weighted by atomic mass is 9.84. The van der Waals surface area contributed by atoms with Crippen LogP contribution in [-0.4, -0.2) is 17.7 Å². The highest BCUT2D eigenvalue weighted by Crippen LogP contribution is 2.35. The van der Waals surface area contributed by atoms with Crippen LogP contribution < -0.4 is 10.9 Å². The molecule has 0 bridgehead atoms. The summed E-state index contributed by atoms with van der Waals surface area (Å²) in [6.45, 7) is 1.08. The van der Waals surface area contributed by atoms with E-state index in [-0.39, 0.29) is 5.56 Å². The van der Waals surface area contributed by atoms with Gasteiger partial charge in [-0.2, -0.15) is 0 Å². The second kappa shape index (κ2) is 9.42. The van der Waals surface area contributed by atoms with Crippen molar-refractivity contribution in [2.75, 3.05) is 19.0 Å². The van der Waals surface area contributed by atoms with Crippen LogP contribution in [0.5, 0.6) is 0 Å². The lowest BCUT2D eigenvalue weighted by molar-refractivity contribution is 0.189. The highest BCUT2D eigenvalue weighted by molar-refractivity contribution is 7.10. The summed E-state index contributed by atoms with van der Waals surface area (Å²) in [7, 11) is 1.66. The largest absolute Gasteiger partial charge is 0.383 e. The normalized spacial score (nSPS) is 14.8. The number of aromatic nitrogens is 1. The molecular formula is C24H28N2O2S. The summed E-state index contributed by atoms with van der Waals surface area (Å²) in [5.41, 5.74) is 4.06. The first-order valence-corrected chi connectivity index (χ1v) is 11.2. The molecule has 29 heavy (non-hydrogen) atoms. The molecule has 1 heterocycles. The zero-order valence-corrected chi connectivity index (χ0v) is 17.7. The van der Waals surface area contributed by atoms with Gasteiger partial charge in [0, 0.05) is 12.8 Å². The Bertz CT molecular complexity index is 970. The number of anilines is 2. The van der Waals surface area contributed by atoms with Crippen molar-refractivity contribution in [1.29, 1.82) is 0 Å². The molecule has 152 valence electrons. The van der Waals surface area contributed by atoms with Crippen LogP contribution in [0.4, 0.5) is 11.4 Å². The molecule has 1 N–H and O–H groups in total. The van der Waals surface area contributed by atoms with Gasteiger partial charge in [0.1, 0.15) is 5.69 Å². The Morgan fingerprint density at radius 2 is 1.76 bits per heavy atom. The fraction of sp³-hybridized carbons (Fsp3) is 0.375. The molecule has 0 spiro atoms. The molecule has 1 aromatic heterocycles. The highest BCUT2D eigenvalue weighted by atomic mass is 32.1. The molecular weight excluding hydrogens is 380 g/mol. The Morgan fingerprint density at radius 3 is 2.45 bits per heavy atom. The third-order valence-corrected chi connectivity index (χ3v) is 6.85. The minimum atomic E-state index is 0.00209. The fourth-order valence-electron chi connectivity index (χ4n) is 4.06. The molecule has 0 radical (unpaired) electrons. The maximum Gasteiger partial charge on any atom is 0.285 e. The zero-order chi connectivity index (χ0) is 20.1. The Kier molecular flexibility index (Phi) is 6.47. The van der Waals surface area contributed by atoms with E-state index in [0.717, 1.165) is 16.1 Å². The second-order valence-electron chi connectivity index (χ2n) is 7.64. The number of methoxy groups -OCH3 is 1. The standard InChI is InChI=1S/C24H28N2O2S/c1-28-17-16-26-24(27)22(23(29-26)20-10-6-3-7-11-20)25-21-14-12-19(13-15-21)18-8-4-2-5-9-18/h3,6-7,10-15,18,25H,2,4-5,8-9,16-17H2,1H3. The van der Waals surface area contributed by atoms with E-state index in [1.54, 1.807) is 11.1 Å². The summed E-state index contributed by atoms with van der Waals surface area (Å²) in [4.78, 5) is 14.0. The minimum absolute atomic E-state index is 0.00209. The van der Waals surface area contributed by atoms with Crippen LogP contribution in [0.2, 0.25) is 0 Å². The van der Waals surface area contributed by atoms with Crippen molar-refractivity contribution in [2.24, 2.45) is 0 Å². The summed E-state index contributed by atoms with van der Waals surface area (Å²) in [5, 5.41) is 3.40. The van der Waals surface area contributed by atoms with Gasteiger partial charge in [0.05, 0.1) is 18.0 Å². The minimum Gasteiger partial charge on any atom is -0.383 e. The molecule has 0 saturated heterocycles. The SMILES string of the molecule is COCCn1sc(-c2ccccc2)c(Nc2ccc(C3CCCCC3)cc2)c1=O. The molecule has 0 unspecified atom stereocenters. The quantitative estimate of drug-likeness (QED) is 0.520. The van der Waals surface area contributed by atoms with E-state index in [4.69, 9.17) is 4.74 Å². The Morgan fingerprint density at radius 1 is 1.03 bits per heavy atom. The summed E-state index contributed by atoms with van der Waals surface area (Å²) in [6.07, 6.45) is 6.62. The number of rotatable bonds is 7. The van der Waals surface area contributed by atoms with Crippen LogP contribution in [0, 0.1) is 0 Å². The average molecular weight is 409 g/mol. The van der Waals surface area contributed by atoms with E-state index >= 15 is 0 Å². The van der Waals surface area contributed by atoms with Gasteiger partial charge < -0.3 is 10.1 Å². The molecule has 5 heteroatoms. The Hall–Kier alpha value is -2.37. The number of ether oxygens (including phenoxy) is 1. The van der Waals surface area contributed by atoms with E-state index in [0.29, 0.717) is 24.8 Å². The lowest BCUT2D eigenvalue weighted by Gasteiger charge is -2.22. The summed E-state index contributed by atoms with van der Waals surface area (Å²) in [6, 6.07) is 18.7. The van der Waals surface area contributed by atoms with Crippen molar-refractivity contribution >= 4 is 22.9 Å². The van der Waals surface area contributed by atoms with Gasteiger partial charge in [-0.05, 0) is 42.0 Å². The lowest BCUT2D eigenvalue weighted by Crippen LogP contribution is -2.18. The van der Waals surface area contributed by atoms with Gasteiger partial charge in [-0.3, -0.25) is 8.75 Å². The molecule has 1 aliphatic rings. The van der Waals surface area contributed by atoms with Gasteiger partial charge in [-0.25, -0.2) is 0 Å². The highest BCUT2D eigenvalue weighted by Gasteiger charge is 2.18. The van der Waals surface area contributed by atoms with Crippen molar-refractivity contribution in [1.82, 2.24) is 3.96 Å². The molecule has 1 aliphatic carbocycles. The van der Waals surface area contributed by atoms with E-state index in [1.807, 2.05) is 30.3 Å². The van der Waals surface area contributed by atoms with Crippen LogP contribution in [0.3, 0.4) is 0 Å². The summed E-state index contributed by atoms with van der Waals surface area (Å²) in [5.74, 6) is 0.685. The van der Waals surface area contributed by atoms with Crippen molar-refractivity contribution in [3.05, 3.63) is 70.5 Å². The Labute approximate surface area is 176 Å². The second-order valence-corrected chi connectivity index (χ2v) is 8.68. The van der Waals surface area contributed by atoms with Gasteiger partial charge in [0.15, 0.2) is 0 Å². The third kappa shape index (κ3) is 4.62. The van der Waals surface area contributed by atoms with Crippen LogP contribution in [0.25, 0.3) is 10.4 Å². The predicted molar refractivity (Wildman–Crippen MR) is 121 cm³/mol. The topological polar surface area (TPSA) is 43.3 Å². The maximum atomic E-state index is 13.0. The first kappa shape index (κ1) is 19.9. The van der Waals surface area contributed by atoms with Gasteiger partial charge in [0.2, 0.25) is 0 Å². The number of hydrogen-bond donors (Lipinski definition) is 1. The molecule has 0 amide bonds. The monoisotopic (exact) mass is 408 g/mol. The van der Waals surface area contributed by atoms with E-state index in [2.05, 4.69) is 29.6 Å². The van der Waals surface area contributed by atoms with E-state index < -0.39 is 0 Å². The van der Waals surface area contributed by atoms with Crippen LogP contribution in [0.15, 0.2) is 59.4 Å².